The van der Waals surface area contributed by atoms with Crippen LogP contribution in [0.2, 0.25) is 0 Å². The Kier molecular flexibility index (Phi) is 3.64. The van der Waals surface area contributed by atoms with Gasteiger partial charge in [-0.2, -0.15) is 0 Å². The summed E-state index contributed by atoms with van der Waals surface area (Å²) in [5, 5.41) is 3.74. The Balaban J connectivity index is 1.86. The SMILES string of the molecule is CC(C)c1cc(NCC2CC(Cl)C2)ncn1. The predicted octanol–water partition coefficient (Wildman–Crippen LogP) is 3.03. The van der Waals surface area contributed by atoms with E-state index in [2.05, 4.69) is 29.1 Å². The van der Waals surface area contributed by atoms with E-state index in [1.807, 2.05) is 6.07 Å². The molecule has 0 aliphatic heterocycles. The number of nitrogens with zero attached hydrogens (tertiary/aromatic N) is 2. The summed E-state index contributed by atoms with van der Waals surface area (Å²) in [6, 6.07) is 2.03. The number of nitrogens with one attached hydrogen (secondary N) is 1. The van der Waals surface area contributed by atoms with Gasteiger partial charge < -0.3 is 5.32 Å². The van der Waals surface area contributed by atoms with Crippen molar-refractivity contribution in [2.75, 3.05) is 11.9 Å². The second kappa shape index (κ2) is 5.00. The summed E-state index contributed by atoms with van der Waals surface area (Å²) in [4.78, 5) is 8.46. The van der Waals surface area contributed by atoms with E-state index in [0.29, 0.717) is 17.2 Å². The van der Waals surface area contributed by atoms with Crippen molar-refractivity contribution in [2.45, 2.75) is 38.0 Å². The van der Waals surface area contributed by atoms with Gasteiger partial charge in [0.2, 0.25) is 0 Å². The Morgan fingerprint density at radius 3 is 2.81 bits per heavy atom. The maximum absolute atomic E-state index is 5.94. The number of hydrogen-bond acceptors (Lipinski definition) is 3. The zero-order valence-electron chi connectivity index (χ0n) is 9.78. The lowest BCUT2D eigenvalue weighted by molar-refractivity contribution is 0.341. The lowest BCUT2D eigenvalue weighted by Crippen LogP contribution is -2.30. The van der Waals surface area contributed by atoms with Gasteiger partial charge in [-0.15, -0.1) is 11.6 Å². The molecular formula is C12H18ClN3. The number of anilines is 1. The fourth-order valence-electron chi connectivity index (χ4n) is 1.85. The van der Waals surface area contributed by atoms with E-state index in [1.165, 1.54) is 0 Å². The Morgan fingerprint density at radius 2 is 2.19 bits per heavy atom. The topological polar surface area (TPSA) is 37.8 Å². The third kappa shape index (κ3) is 2.85. The van der Waals surface area contributed by atoms with Gasteiger partial charge in [0.05, 0.1) is 0 Å². The highest BCUT2D eigenvalue weighted by Crippen LogP contribution is 2.31. The van der Waals surface area contributed by atoms with Gasteiger partial charge in [-0.25, -0.2) is 9.97 Å². The second-order valence-corrected chi connectivity index (χ2v) is 5.42. The summed E-state index contributed by atoms with van der Waals surface area (Å²) < 4.78 is 0. The minimum Gasteiger partial charge on any atom is -0.370 e. The molecule has 16 heavy (non-hydrogen) atoms. The largest absolute Gasteiger partial charge is 0.370 e. The molecule has 0 atom stereocenters. The Bertz CT molecular complexity index is 348. The molecule has 1 aromatic rings. The molecule has 1 saturated carbocycles. The number of alkyl halides is 1. The molecule has 0 radical (unpaired) electrons. The van der Waals surface area contributed by atoms with E-state index in [0.717, 1.165) is 30.9 Å². The Hall–Kier alpha value is -0.830. The molecule has 1 fully saturated rings. The molecule has 88 valence electrons. The first-order chi connectivity index (χ1) is 7.65. The molecular weight excluding hydrogens is 222 g/mol. The monoisotopic (exact) mass is 239 g/mol. The van der Waals surface area contributed by atoms with Gasteiger partial charge in [0.25, 0.3) is 0 Å². The van der Waals surface area contributed by atoms with Crippen LogP contribution in [0.15, 0.2) is 12.4 Å². The van der Waals surface area contributed by atoms with Crippen LogP contribution in [0.5, 0.6) is 0 Å². The fourth-order valence-corrected chi connectivity index (χ4v) is 2.36. The quantitative estimate of drug-likeness (QED) is 0.821. The van der Waals surface area contributed by atoms with Crippen LogP contribution < -0.4 is 5.32 Å². The molecule has 0 spiro atoms. The number of halogens is 1. The highest BCUT2D eigenvalue weighted by molar-refractivity contribution is 6.21. The lowest BCUT2D eigenvalue weighted by atomic mass is 9.85. The zero-order valence-corrected chi connectivity index (χ0v) is 10.5. The molecule has 0 amide bonds. The summed E-state index contributed by atoms with van der Waals surface area (Å²) in [5.41, 5.74) is 1.08. The predicted molar refractivity (Wildman–Crippen MR) is 67.0 cm³/mol. The third-order valence-electron chi connectivity index (χ3n) is 3.03. The van der Waals surface area contributed by atoms with Crippen LogP contribution in [0.3, 0.4) is 0 Å². The van der Waals surface area contributed by atoms with Gasteiger partial charge in [-0.1, -0.05) is 13.8 Å². The summed E-state index contributed by atoms with van der Waals surface area (Å²) in [6.45, 7) is 5.24. The molecule has 1 aliphatic carbocycles. The molecule has 4 heteroatoms. The Morgan fingerprint density at radius 1 is 1.44 bits per heavy atom. The normalized spacial score (nSPS) is 24.2. The summed E-state index contributed by atoms with van der Waals surface area (Å²) in [7, 11) is 0. The smallest absolute Gasteiger partial charge is 0.129 e. The minimum atomic E-state index is 0.392. The molecule has 1 aliphatic rings. The summed E-state index contributed by atoms with van der Waals surface area (Å²) >= 11 is 5.94. The van der Waals surface area contributed by atoms with E-state index in [1.54, 1.807) is 6.33 Å². The van der Waals surface area contributed by atoms with Crippen LogP contribution >= 0.6 is 11.6 Å². The molecule has 1 heterocycles. The van der Waals surface area contributed by atoms with Gasteiger partial charge in [0, 0.05) is 23.7 Å². The summed E-state index contributed by atoms with van der Waals surface area (Å²) in [6.07, 6.45) is 3.87. The lowest BCUT2D eigenvalue weighted by Gasteiger charge is -2.31. The third-order valence-corrected chi connectivity index (χ3v) is 3.39. The van der Waals surface area contributed by atoms with Crippen LogP contribution in [0.4, 0.5) is 5.82 Å². The fraction of sp³-hybridized carbons (Fsp3) is 0.667. The molecule has 0 aromatic carbocycles. The standard InChI is InChI=1S/C12H18ClN3/c1-8(2)11-5-12(16-7-15-11)14-6-9-3-10(13)4-9/h5,7-10H,3-4,6H2,1-2H3,(H,14,15,16). The number of aromatic nitrogens is 2. The molecule has 0 unspecified atom stereocenters. The molecule has 2 rings (SSSR count). The van der Waals surface area contributed by atoms with Crippen molar-refractivity contribution < 1.29 is 0 Å². The first-order valence-corrected chi connectivity index (χ1v) is 6.28. The molecule has 1 N–H and O–H groups in total. The van der Waals surface area contributed by atoms with E-state index in [-0.39, 0.29) is 0 Å². The van der Waals surface area contributed by atoms with Crippen molar-refractivity contribution in [1.82, 2.24) is 9.97 Å². The van der Waals surface area contributed by atoms with Crippen LogP contribution in [-0.2, 0) is 0 Å². The number of rotatable bonds is 4. The van der Waals surface area contributed by atoms with E-state index >= 15 is 0 Å². The molecule has 1 aromatic heterocycles. The average Bonchev–Trinajstić information content (AvgIpc) is 2.23. The van der Waals surface area contributed by atoms with Crippen LogP contribution in [0.25, 0.3) is 0 Å². The van der Waals surface area contributed by atoms with Gasteiger partial charge in [0.15, 0.2) is 0 Å². The second-order valence-electron chi connectivity index (χ2n) is 4.80. The van der Waals surface area contributed by atoms with Crippen molar-refractivity contribution in [3.63, 3.8) is 0 Å². The van der Waals surface area contributed by atoms with Crippen molar-refractivity contribution in [1.29, 1.82) is 0 Å². The van der Waals surface area contributed by atoms with Crippen molar-refractivity contribution in [2.24, 2.45) is 5.92 Å². The maximum Gasteiger partial charge on any atom is 0.129 e. The molecule has 0 saturated heterocycles. The van der Waals surface area contributed by atoms with Crippen molar-refractivity contribution in [3.05, 3.63) is 18.1 Å². The van der Waals surface area contributed by atoms with Gasteiger partial charge in [-0.3, -0.25) is 0 Å². The average molecular weight is 240 g/mol. The van der Waals surface area contributed by atoms with Crippen LogP contribution in [-0.4, -0.2) is 21.9 Å². The van der Waals surface area contributed by atoms with Gasteiger partial charge in [0.1, 0.15) is 12.1 Å². The highest BCUT2D eigenvalue weighted by atomic mass is 35.5. The van der Waals surface area contributed by atoms with Crippen molar-refractivity contribution in [3.8, 4) is 0 Å². The molecule has 0 bridgehead atoms. The van der Waals surface area contributed by atoms with Crippen LogP contribution in [0.1, 0.15) is 38.3 Å². The first kappa shape index (κ1) is 11.6. The van der Waals surface area contributed by atoms with Gasteiger partial charge in [-0.05, 0) is 24.7 Å². The number of hydrogen-bond donors (Lipinski definition) is 1. The highest BCUT2D eigenvalue weighted by Gasteiger charge is 2.26. The van der Waals surface area contributed by atoms with Crippen molar-refractivity contribution >= 4 is 17.4 Å². The van der Waals surface area contributed by atoms with Gasteiger partial charge >= 0.3 is 0 Å². The first-order valence-electron chi connectivity index (χ1n) is 5.85. The minimum absolute atomic E-state index is 0.392. The Labute approximate surface area is 102 Å². The van der Waals surface area contributed by atoms with E-state index in [4.69, 9.17) is 11.6 Å². The maximum atomic E-state index is 5.94. The zero-order chi connectivity index (χ0) is 11.5. The summed E-state index contributed by atoms with van der Waals surface area (Å²) in [5.74, 6) is 2.08. The molecule has 3 nitrogen and oxygen atoms in total. The van der Waals surface area contributed by atoms with Crippen LogP contribution in [0, 0.1) is 5.92 Å². The van der Waals surface area contributed by atoms with E-state index in [9.17, 15) is 0 Å². The van der Waals surface area contributed by atoms with E-state index < -0.39 is 0 Å².